The molecule has 9 heteroatoms. The molecule has 0 N–H and O–H groups in total. The number of aryl methyl sites for hydroxylation is 1. The van der Waals surface area contributed by atoms with Gasteiger partial charge < -0.3 is 4.74 Å². The van der Waals surface area contributed by atoms with Crippen LogP contribution in [-0.2, 0) is 38.0 Å². The smallest absolute Gasteiger partial charge is 0.332 e. The monoisotopic (exact) mass is 414 g/mol. The zero-order chi connectivity index (χ0) is 20.7. The Hall–Kier alpha value is -2.26. The average Bonchev–Trinajstić information content (AvgIpc) is 3.33. The van der Waals surface area contributed by atoms with Gasteiger partial charge >= 0.3 is 11.1 Å². The van der Waals surface area contributed by atoms with Crippen molar-refractivity contribution in [2.45, 2.75) is 70.4 Å². The summed E-state index contributed by atoms with van der Waals surface area (Å²) in [5.41, 5.74) is -0.214. The summed E-state index contributed by atoms with van der Waals surface area (Å²) in [6.07, 6.45) is 10.6. The highest BCUT2D eigenvalue weighted by Gasteiger charge is 2.43. The molecule has 2 aliphatic heterocycles. The van der Waals surface area contributed by atoms with Gasteiger partial charge in [0.15, 0.2) is 5.82 Å². The summed E-state index contributed by atoms with van der Waals surface area (Å²) in [6.45, 7) is 3.66. The van der Waals surface area contributed by atoms with Gasteiger partial charge in [-0.2, -0.15) is 10.2 Å². The Kier molecular flexibility index (Phi) is 5.10. The average molecular weight is 415 g/mol. The number of likely N-dealkylation sites (tertiary alicyclic amines) is 1. The van der Waals surface area contributed by atoms with Gasteiger partial charge in [0.05, 0.1) is 12.7 Å². The molecule has 0 radical (unpaired) electrons. The Bertz CT molecular complexity index is 1030. The van der Waals surface area contributed by atoms with Crippen molar-refractivity contribution < 1.29 is 4.74 Å². The van der Waals surface area contributed by atoms with E-state index in [4.69, 9.17) is 4.74 Å². The number of nitrogens with zero attached hydrogens (tertiary/aromatic N) is 6. The van der Waals surface area contributed by atoms with Gasteiger partial charge in [-0.1, -0.05) is 19.3 Å². The van der Waals surface area contributed by atoms with Crippen LogP contribution in [0.15, 0.2) is 22.0 Å². The van der Waals surface area contributed by atoms with Gasteiger partial charge in [0.1, 0.15) is 12.2 Å². The van der Waals surface area contributed by atoms with E-state index < -0.39 is 16.7 Å². The first kappa shape index (κ1) is 19.7. The molecule has 1 saturated carbocycles. The van der Waals surface area contributed by atoms with E-state index in [0.29, 0.717) is 24.8 Å². The fourth-order valence-corrected chi connectivity index (χ4v) is 5.26. The lowest BCUT2D eigenvalue weighted by Crippen LogP contribution is -2.53. The maximum Gasteiger partial charge on any atom is 0.332 e. The molecule has 2 aromatic heterocycles. The van der Waals surface area contributed by atoms with Crippen LogP contribution in [0, 0.1) is 5.92 Å². The number of rotatable bonds is 4. The SMILES string of the molecule is Cn1cc(CN2CC[C@]3(C2)Cn2c(nn(CC4CCCCC4)c(=O)c2=O)CO3)cn1. The van der Waals surface area contributed by atoms with Gasteiger partial charge in [-0.25, -0.2) is 4.68 Å². The van der Waals surface area contributed by atoms with Crippen LogP contribution >= 0.6 is 0 Å². The van der Waals surface area contributed by atoms with Crippen molar-refractivity contribution in [1.82, 2.24) is 29.0 Å². The van der Waals surface area contributed by atoms with Gasteiger partial charge in [-0.05, 0) is 25.2 Å². The van der Waals surface area contributed by atoms with E-state index in [2.05, 4.69) is 15.1 Å². The van der Waals surface area contributed by atoms with Gasteiger partial charge in [0.2, 0.25) is 0 Å². The molecular formula is C21H30N6O3. The maximum atomic E-state index is 12.9. The van der Waals surface area contributed by atoms with Crippen molar-refractivity contribution in [2.24, 2.45) is 13.0 Å². The zero-order valence-electron chi connectivity index (χ0n) is 17.6. The minimum absolute atomic E-state index is 0.279. The third-order valence-corrected chi connectivity index (χ3v) is 6.88. The molecule has 9 nitrogen and oxygen atoms in total. The van der Waals surface area contributed by atoms with Crippen LogP contribution in [0.25, 0.3) is 0 Å². The first-order valence-corrected chi connectivity index (χ1v) is 11.1. The molecule has 1 atom stereocenters. The predicted octanol–water partition coefficient (Wildman–Crippen LogP) is 0.894. The molecule has 0 bridgehead atoms. The topological polar surface area (TPSA) is 87.2 Å². The van der Waals surface area contributed by atoms with E-state index >= 15 is 0 Å². The minimum atomic E-state index is -0.494. The van der Waals surface area contributed by atoms with Crippen molar-refractivity contribution in [1.29, 1.82) is 0 Å². The van der Waals surface area contributed by atoms with Crippen LogP contribution in [0.1, 0.15) is 49.9 Å². The molecule has 0 unspecified atom stereocenters. The molecule has 5 rings (SSSR count). The van der Waals surface area contributed by atoms with Crippen LogP contribution < -0.4 is 11.1 Å². The minimum Gasteiger partial charge on any atom is -0.364 e. The Morgan fingerprint density at radius 3 is 2.77 bits per heavy atom. The molecule has 1 saturated heterocycles. The van der Waals surface area contributed by atoms with E-state index in [9.17, 15) is 9.59 Å². The van der Waals surface area contributed by atoms with E-state index in [1.807, 2.05) is 19.4 Å². The van der Waals surface area contributed by atoms with Gasteiger partial charge in [-0.15, -0.1) is 0 Å². The van der Waals surface area contributed by atoms with E-state index in [1.165, 1.54) is 23.9 Å². The molecule has 30 heavy (non-hydrogen) atoms. The predicted molar refractivity (Wildman–Crippen MR) is 110 cm³/mol. The summed E-state index contributed by atoms with van der Waals surface area (Å²) < 4.78 is 11.0. The standard InChI is InChI=1S/C21H30N6O3/c1-24-10-17(9-22-24)11-25-8-7-21(14-25)15-26-18(13-30-21)23-27(20(29)19(26)28)12-16-5-3-2-4-6-16/h9-10,16H,2-8,11-15H2,1H3/t21-/m0/s1. The summed E-state index contributed by atoms with van der Waals surface area (Å²) in [6, 6.07) is 0. The van der Waals surface area contributed by atoms with Gasteiger partial charge in [0.25, 0.3) is 0 Å². The van der Waals surface area contributed by atoms with Gasteiger partial charge in [-0.3, -0.25) is 23.7 Å². The number of hydrogen-bond donors (Lipinski definition) is 0. The molecule has 2 fully saturated rings. The van der Waals surface area contributed by atoms with Crippen LogP contribution in [0.3, 0.4) is 0 Å². The summed E-state index contributed by atoms with van der Waals surface area (Å²) in [7, 11) is 1.91. The Morgan fingerprint density at radius 2 is 2.00 bits per heavy atom. The van der Waals surface area contributed by atoms with Crippen molar-refractivity contribution >= 4 is 0 Å². The van der Waals surface area contributed by atoms with Crippen LogP contribution in [-0.4, -0.2) is 47.7 Å². The molecular weight excluding hydrogens is 384 g/mol. The number of fused-ring (bicyclic) bond motifs is 1. The van der Waals surface area contributed by atoms with Gasteiger partial charge in [0, 0.05) is 45.0 Å². The number of hydrogen-bond acceptors (Lipinski definition) is 6. The largest absolute Gasteiger partial charge is 0.364 e. The fraction of sp³-hybridized carbons (Fsp3) is 0.714. The first-order chi connectivity index (χ1) is 14.5. The second-order valence-corrected chi connectivity index (χ2v) is 9.25. The highest BCUT2D eigenvalue weighted by molar-refractivity contribution is 5.06. The highest BCUT2D eigenvalue weighted by Crippen LogP contribution is 2.32. The van der Waals surface area contributed by atoms with Crippen molar-refractivity contribution in [3.8, 4) is 0 Å². The van der Waals surface area contributed by atoms with Crippen LogP contribution in [0.4, 0.5) is 0 Å². The van der Waals surface area contributed by atoms with Crippen molar-refractivity contribution in [3.05, 3.63) is 44.5 Å². The van der Waals surface area contributed by atoms with Crippen LogP contribution in [0.5, 0.6) is 0 Å². The third-order valence-electron chi connectivity index (χ3n) is 6.88. The number of ether oxygens (including phenoxy) is 1. The van der Waals surface area contributed by atoms with E-state index in [1.54, 1.807) is 9.25 Å². The Morgan fingerprint density at radius 1 is 1.17 bits per heavy atom. The maximum absolute atomic E-state index is 12.9. The summed E-state index contributed by atoms with van der Waals surface area (Å²) in [4.78, 5) is 28.0. The lowest BCUT2D eigenvalue weighted by Gasteiger charge is -2.35. The second kappa shape index (κ2) is 7.77. The molecule has 1 spiro atoms. The first-order valence-electron chi connectivity index (χ1n) is 11.1. The number of aromatic nitrogens is 5. The third kappa shape index (κ3) is 3.76. The molecule has 162 valence electrons. The molecule has 3 aliphatic rings. The fourth-order valence-electron chi connectivity index (χ4n) is 5.26. The second-order valence-electron chi connectivity index (χ2n) is 9.25. The molecule has 4 heterocycles. The normalized spacial score (nSPS) is 25.1. The summed E-state index contributed by atoms with van der Waals surface area (Å²) in [5.74, 6) is 1.02. The van der Waals surface area contributed by atoms with Crippen molar-refractivity contribution in [3.63, 3.8) is 0 Å². The summed E-state index contributed by atoms with van der Waals surface area (Å²) in [5, 5.41) is 8.76. The summed E-state index contributed by atoms with van der Waals surface area (Å²) >= 11 is 0. The van der Waals surface area contributed by atoms with E-state index in [0.717, 1.165) is 44.5 Å². The Balaban J connectivity index is 1.32. The molecule has 0 amide bonds. The lowest BCUT2D eigenvalue weighted by molar-refractivity contribution is -0.0860. The highest BCUT2D eigenvalue weighted by atomic mass is 16.5. The van der Waals surface area contributed by atoms with Crippen LogP contribution in [0.2, 0.25) is 0 Å². The van der Waals surface area contributed by atoms with E-state index in [-0.39, 0.29) is 6.61 Å². The quantitative estimate of drug-likeness (QED) is 0.691. The lowest BCUT2D eigenvalue weighted by atomic mass is 9.89. The zero-order valence-corrected chi connectivity index (χ0v) is 17.6. The molecule has 1 aliphatic carbocycles. The molecule has 0 aromatic carbocycles. The molecule has 2 aromatic rings. The Labute approximate surface area is 175 Å². The van der Waals surface area contributed by atoms with Crippen molar-refractivity contribution in [2.75, 3.05) is 13.1 Å².